The summed E-state index contributed by atoms with van der Waals surface area (Å²) in [5, 5.41) is 13.8. The molecule has 1 unspecified atom stereocenters. The van der Waals surface area contributed by atoms with Crippen molar-refractivity contribution >= 4 is 33.3 Å². The van der Waals surface area contributed by atoms with Crippen LogP contribution in [0.4, 0.5) is 5.82 Å². The zero-order chi connectivity index (χ0) is 19.5. The number of benzene rings is 2. The molecule has 0 radical (unpaired) electrons. The molecular formula is C22H19N3O2S. The number of thiophene rings is 1. The number of fused-ring (bicyclic) bond motifs is 1. The highest BCUT2D eigenvalue weighted by Gasteiger charge is 2.21. The number of hydrogen-bond acceptors (Lipinski definition) is 5. The quantitative estimate of drug-likeness (QED) is 0.497. The SMILES string of the molecule is Cc1cc2c(NC(Cc3ccccc3)C(=O)O)nc(-c3ccccc3)nc2s1. The lowest BCUT2D eigenvalue weighted by molar-refractivity contribution is -0.137. The highest BCUT2D eigenvalue weighted by molar-refractivity contribution is 7.18. The average Bonchev–Trinajstić information content (AvgIpc) is 3.09. The Balaban J connectivity index is 1.74. The minimum absolute atomic E-state index is 0.367. The zero-order valence-corrected chi connectivity index (χ0v) is 16.1. The third-order valence-corrected chi connectivity index (χ3v) is 5.38. The number of hydrogen-bond donors (Lipinski definition) is 2. The fraction of sp³-hybridized carbons (Fsp3) is 0.136. The van der Waals surface area contributed by atoms with Crippen LogP contribution in [0.25, 0.3) is 21.6 Å². The third-order valence-electron chi connectivity index (χ3n) is 4.44. The summed E-state index contributed by atoms with van der Waals surface area (Å²) >= 11 is 1.58. The maximum Gasteiger partial charge on any atom is 0.326 e. The van der Waals surface area contributed by atoms with Gasteiger partial charge in [-0.2, -0.15) is 0 Å². The van der Waals surface area contributed by atoms with E-state index in [-0.39, 0.29) is 0 Å². The summed E-state index contributed by atoms with van der Waals surface area (Å²) in [6.07, 6.45) is 0.367. The van der Waals surface area contributed by atoms with E-state index in [0.29, 0.717) is 18.1 Å². The van der Waals surface area contributed by atoms with Crippen molar-refractivity contribution in [1.82, 2.24) is 9.97 Å². The molecule has 0 aliphatic rings. The van der Waals surface area contributed by atoms with Crippen LogP contribution < -0.4 is 5.32 Å². The van der Waals surface area contributed by atoms with Gasteiger partial charge < -0.3 is 10.4 Å². The van der Waals surface area contributed by atoms with Gasteiger partial charge in [0.25, 0.3) is 0 Å². The topological polar surface area (TPSA) is 75.1 Å². The number of nitrogens with one attached hydrogen (secondary N) is 1. The minimum atomic E-state index is -0.913. The summed E-state index contributed by atoms with van der Waals surface area (Å²) < 4.78 is 0. The molecule has 0 fully saturated rings. The van der Waals surface area contributed by atoms with Gasteiger partial charge in [0.15, 0.2) is 5.82 Å². The first-order valence-electron chi connectivity index (χ1n) is 8.97. The van der Waals surface area contributed by atoms with Crippen molar-refractivity contribution in [1.29, 1.82) is 0 Å². The first-order valence-corrected chi connectivity index (χ1v) is 9.78. The number of carboxylic acids is 1. The van der Waals surface area contributed by atoms with Crippen LogP contribution in [0.2, 0.25) is 0 Å². The number of rotatable bonds is 6. The predicted octanol–water partition coefficient (Wildman–Crippen LogP) is 4.77. The molecule has 2 aromatic carbocycles. The van der Waals surface area contributed by atoms with Crippen molar-refractivity contribution in [2.75, 3.05) is 5.32 Å². The first kappa shape index (κ1) is 18.1. The van der Waals surface area contributed by atoms with E-state index in [2.05, 4.69) is 15.3 Å². The second kappa shape index (κ2) is 7.78. The number of aryl methyl sites for hydroxylation is 1. The van der Waals surface area contributed by atoms with Gasteiger partial charge in [-0.15, -0.1) is 11.3 Å². The van der Waals surface area contributed by atoms with Gasteiger partial charge in [-0.05, 0) is 18.6 Å². The second-order valence-electron chi connectivity index (χ2n) is 6.56. The summed E-state index contributed by atoms with van der Waals surface area (Å²) in [6, 6.07) is 20.5. The second-order valence-corrected chi connectivity index (χ2v) is 7.80. The van der Waals surface area contributed by atoms with Crippen LogP contribution in [-0.4, -0.2) is 27.1 Å². The van der Waals surface area contributed by atoms with Crippen LogP contribution >= 0.6 is 11.3 Å². The third kappa shape index (κ3) is 3.87. The average molecular weight is 389 g/mol. The molecule has 0 bridgehead atoms. The van der Waals surface area contributed by atoms with Gasteiger partial charge in [-0.1, -0.05) is 60.7 Å². The molecule has 2 heterocycles. The number of carboxylic acid groups (broad SMARTS) is 1. The lowest BCUT2D eigenvalue weighted by atomic mass is 10.1. The molecule has 0 spiro atoms. The van der Waals surface area contributed by atoms with Crippen molar-refractivity contribution in [3.63, 3.8) is 0 Å². The Morgan fingerprint density at radius 2 is 1.75 bits per heavy atom. The first-order chi connectivity index (χ1) is 13.6. The van der Waals surface area contributed by atoms with Crippen molar-refractivity contribution in [2.45, 2.75) is 19.4 Å². The molecule has 0 aliphatic heterocycles. The van der Waals surface area contributed by atoms with Crippen LogP contribution in [0.3, 0.4) is 0 Å². The number of aliphatic carboxylic acids is 1. The van der Waals surface area contributed by atoms with Gasteiger partial charge in [-0.3, -0.25) is 0 Å². The molecule has 6 heteroatoms. The smallest absolute Gasteiger partial charge is 0.326 e. The summed E-state index contributed by atoms with van der Waals surface area (Å²) in [6.45, 7) is 2.01. The number of anilines is 1. The van der Waals surface area contributed by atoms with E-state index in [0.717, 1.165) is 26.2 Å². The van der Waals surface area contributed by atoms with Gasteiger partial charge in [0, 0.05) is 16.9 Å². The van der Waals surface area contributed by atoms with Crippen molar-refractivity contribution in [3.8, 4) is 11.4 Å². The van der Waals surface area contributed by atoms with Crippen LogP contribution in [0.15, 0.2) is 66.7 Å². The van der Waals surface area contributed by atoms with Gasteiger partial charge in [0.1, 0.15) is 16.7 Å². The Kier molecular flexibility index (Phi) is 5.04. The van der Waals surface area contributed by atoms with Gasteiger partial charge in [0.05, 0.1) is 5.39 Å². The Bertz CT molecular complexity index is 1110. The van der Waals surface area contributed by atoms with Gasteiger partial charge in [0.2, 0.25) is 0 Å². The van der Waals surface area contributed by atoms with Crippen molar-refractivity contribution in [3.05, 3.63) is 77.2 Å². The maximum atomic E-state index is 11.9. The Morgan fingerprint density at radius 1 is 1.07 bits per heavy atom. The summed E-state index contributed by atoms with van der Waals surface area (Å²) in [5.41, 5.74) is 1.85. The molecule has 0 saturated carbocycles. The molecule has 0 aliphatic carbocycles. The lowest BCUT2D eigenvalue weighted by Crippen LogP contribution is -2.32. The molecule has 4 aromatic rings. The van der Waals surface area contributed by atoms with Crippen LogP contribution in [0.5, 0.6) is 0 Å². The fourth-order valence-corrected chi connectivity index (χ4v) is 3.96. The standard InChI is InChI=1S/C22H19N3O2S/c1-14-12-17-20(23-18(22(26)27)13-15-8-4-2-5-9-15)24-19(25-21(17)28-14)16-10-6-3-7-11-16/h2-12,18H,13H2,1H3,(H,26,27)(H,23,24,25). The van der Waals surface area contributed by atoms with E-state index in [1.54, 1.807) is 11.3 Å². The number of carbonyl (C=O) groups is 1. The van der Waals surface area contributed by atoms with Crippen molar-refractivity contribution < 1.29 is 9.90 Å². The molecule has 2 N–H and O–H groups in total. The predicted molar refractivity (Wildman–Crippen MR) is 113 cm³/mol. The van der Waals surface area contributed by atoms with Crippen molar-refractivity contribution in [2.24, 2.45) is 0 Å². The Morgan fingerprint density at radius 3 is 2.43 bits per heavy atom. The van der Waals surface area contributed by atoms with E-state index in [9.17, 15) is 9.90 Å². The zero-order valence-electron chi connectivity index (χ0n) is 15.3. The van der Waals surface area contributed by atoms with E-state index in [1.165, 1.54) is 0 Å². The van der Waals surface area contributed by atoms with Crippen LogP contribution in [-0.2, 0) is 11.2 Å². The van der Waals surface area contributed by atoms with Crippen LogP contribution in [0.1, 0.15) is 10.4 Å². The monoisotopic (exact) mass is 389 g/mol. The van der Waals surface area contributed by atoms with Gasteiger partial charge >= 0.3 is 5.97 Å². The highest BCUT2D eigenvalue weighted by atomic mass is 32.1. The molecule has 28 heavy (non-hydrogen) atoms. The maximum absolute atomic E-state index is 11.9. The minimum Gasteiger partial charge on any atom is -0.480 e. The molecule has 0 saturated heterocycles. The summed E-state index contributed by atoms with van der Waals surface area (Å²) in [7, 11) is 0. The Labute approximate surface area is 166 Å². The lowest BCUT2D eigenvalue weighted by Gasteiger charge is -2.16. The van der Waals surface area contributed by atoms with E-state index in [1.807, 2.05) is 73.7 Å². The van der Waals surface area contributed by atoms with Crippen LogP contribution in [0, 0.1) is 6.92 Å². The van der Waals surface area contributed by atoms with E-state index >= 15 is 0 Å². The Hall–Kier alpha value is -3.25. The normalized spacial score (nSPS) is 12.0. The molecule has 1 atom stereocenters. The fourth-order valence-electron chi connectivity index (χ4n) is 3.08. The molecule has 0 amide bonds. The van der Waals surface area contributed by atoms with Gasteiger partial charge in [-0.25, -0.2) is 14.8 Å². The summed E-state index contributed by atoms with van der Waals surface area (Å²) in [5.74, 6) is 0.224. The molecule has 5 nitrogen and oxygen atoms in total. The van der Waals surface area contributed by atoms with E-state index in [4.69, 9.17) is 0 Å². The summed E-state index contributed by atoms with van der Waals surface area (Å²) in [4.78, 5) is 23.2. The number of nitrogens with zero attached hydrogens (tertiary/aromatic N) is 2. The highest BCUT2D eigenvalue weighted by Crippen LogP contribution is 2.31. The largest absolute Gasteiger partial charge is 0.480 e. The molecular weight excluding hydrogens is 370 g/mol. The molecule has 4 rings (SSSR count). The molecule has 2 aromatic heterocycles. The van der Waals surface area contributed by atoms with E-state index < -0.39 is 12.0 Å². The molecule has 140 valence electrons. The number of aromatic nitrogens is 2.